The van der Waals surface area contributed by atoms with Crippen LogP contribution in [0.4, 0.5) is 5.82 Å². The van der Waals surface area contributed by atoms with Crippen LogP contribution in [0.3, 0.4) is 0 Å². The Hall–Kier alpha value is -0.740. The Morgan fingerprint density at radius 3 is 3.06 bits per heavy atom. The molecular formula is C14H23N3S. The van der Waals surface area contributed by atoms with E-state index < -0.39 is 0 Å². The topological polar surface area (TPSA) is 28.2 Å². The van der Waals surface area contributed by atoms with Gasteiger partial charge in [0.25, 0.3) is 0 Å². The third-order valence-corrected chi connectivity index (χ3v) is 4.27. The summed E-state index contributed by atoms with van der Waals surface area (Å²) in [5, 5.41) is 4.11. The monoisotopic (exact) mass is 265 g/mol. The molecule has 0 aliphatic carbocycles. The Morgan fingerprint density at radius 1 is 1.50 bits per heavy atom. The molecule has 1 atom stereocenters. The van der Waals surface area contributed by atoms with Crippen molar-refractivity contribution < 1.29 is 0 Å². The van der Waals surface area contributed by atoms with E-state index in [2.05, 4.69) is 52.9 Å². The lowest BCUT2D eigenvalue weighted by atomic mass is 10.2. The molecule has 0 radical (unpaired) electrons. The number of pyridine rings is 1. The number of thioether (sulfide) groups is 1. The van der Waals surface area contributed by atoms with E-state index in [4.69, 9.17) is 0 Å². The van der Waals surface area contributed by atoms with Crippen molar-refractivity contribution in [1.29, 1.82) is 0 Å². The summed E-state index contributed by atoms with van der Waals surface area (Å²) < 4.78 is 0. The Balaban J connectivity index is 1.90. The first-order valence-corrected chi connectivity index (χ1v) is 7.86. The molecule has 0 amide bonds. The molecule has 1 aliphatic heterocycles. The zero-order chi connectivity index (χ0) is 12.8. The quantitative estimate of drug-likeness (QED) is 0.828. The van der Waals surface area contributed by atoms with E-state index in [-0.39, 0.29) is 0 Å². The lowest BCUT2D eigenvalue weighted by Crippen LogP contribution is -2.37. The van der Waals surface area contributed by atoms with Crippen molar-refractivity contribution in [1.82, 2.24) is 10.3 Å². The zero-order valence-electron chi connectivity index (χ0n) is 11.4. The van der Waals surface area contributed by atoms with Crippen LogP contribution in [0.25, 0.3) is 0 Å². The number of rotatable bonds is 5. The summed E-state index contributed by atoms with van der Waals surface area (Å²) in [6.45, 7) is 8.71. The summed E-state index contributed by atoms with van der Waals surface area (Å²) in [6, 6.07) is 4.35. The molecular weight excluding hydrogens is 242 g/mol. The SMILES string of the molecule is CCCNCc1ccc(N2CCSC(C)C2)nc1. The molecule has 1 fully saturated rings. The fourth-order valence-electron chi connectivity index (χ4n) is 2.14. The van der Waals surface area contributed by atoms with E-state index in [0.717, 1.165) is 32.0 Å². The number of anilines is 1. The van der Waals surface area contributed by atoms with Crippen LogP contribution in [0.2, 0.25) is 0 Å². The highest BCUT2D eigenvalue weighted by Crippen LogP contribution is 2.22. The molecule has 0 saturated carbocycles. The standard InChI is InChI=1S/C14H23N3S/c1-3-6-15-9-13-4-5-14(16-10-13)17-7-8-18-12(2)11-17/h4-5,10,12,15H,3,6-9,11H2,1-2H3. The van der Waals surface area contributed by atoms with E-state index in [9.17, 15) is 0 Å². The Bertz CT molecular complexity index is 353. The van der Waals surface area contributed by atoms with Crippen molar-refractivity contribution in [3.63, 3.8) is 0 Å². The van der Waals surface area contributed by atoms with Crippen LogP contribution >= 0.6 is 11.8 Å². The second-order valence-corrected chi connectivity index (χ2v) is 6.38. The van der Waals surface area contributed by atoms with E-state index >= 15 is 0 Å². The zero-order valence-corrected chi connectivity index (χ0v) is 12.2. The predicted molar refractivity (Wildman–Crippen MR) is 80.4 cm³/mol. The maximum Gasteiger partial charge on any atom is 0.128 e. The fraction of sp³-hybridized carbons (Fsp3) is 0.643. The molecule has 1 unspecified atom stereocenters. The molecule has 0 bridgehead atoms. The molecule has 2 rings (SSSR count). The van der Waals surface area contributed by atoms with E-state index in [1.807, 2.05) is 6.20 Å². The van der Waals surface area contributed by atoms with Crippen molar-refractivity contribution in [2.45, 2.75) is 32.1 Å². The van der Waals surface area contributed by atoms with Crippen molar-refractivity contribution in [3.8, 4) is 0 Å². The van der Waals surface area contributed by atoms with Gasteiger partial charge >= 0.3 is 0 Å². The van der Waals surface area contributed by atoms with Gasteiger partial charge in [0.1, 0.15) is 5.82 Å². The Kier molecular flexibility index (Phi) is 5.32. The number of aromatic nitrogens is 1. The van der Waals surface area contributed by atoms with Crippen LogP contribution in [0.1, 0.15) is 25.8 Å². The van der Waals surface area contributed by atoms with Crippen LogP contribution < -0.4 is 10.2 Å². The van der Waals surface area contributed by atoms with E-state index in [0.29, 0.717) is 5.25 Å². The third kappa shape index (κ3) is 3.89. The molecule has 100 valence electrons. The molecule has 1 aliphatic rings. The summed E-state index contributed by atoms with van der Waals surface area (Å²) in [5.41, 5.74) is 1.27. The van der Waals surface area contributed by atoms with Crippen molar-refractivity contribution in [2.75, 3.05) is 30.3 Å². The molecule has 18 heavy (non-hydrogen) atoms. The summed E-state index contributed by atoms with van der Waals surface area (Å²) in [5.74, 6) is 2.34. The largest absolute Gasteiger partial charge is 0.355 e. The van der Waals surface area contributed by atoms with Gasteiger partial charge in [-0.05, 0) is 24.6 Å². The molecule has 4 heteroatoms. The van der Waals surface area contributed by atoms with Crippen LogP contribution in [-0.4, -0.2) is 35.6 Å². The molecule has 1 saturated heterocycles. The number of hydrogen-bond donors (Lipinski definition) is 1. The maximum absolute atomic E-state index is 4.59. The molecule has 0 aromatic carbocycles. The molecule has 2 heterocycles. The molecule has 1 aromatic rings. The van der Waals surface area contributed by atoms with Gasteiger partial charge in [-0.25, -0.2) is 4.98 Å². The molecule has 1 N–H and O–H groups in total. The first kappa shape index (κ1) is 13.7. The lowest BCUT2D eigenvalue weighted by molar-refractivity contribution is 0.673. The third-order valence-electron chi connectivity index (χ3n) is 3.13. The van der Waals surface area contributed by atoms with Gasteiger partial charge in [-0.15, -0.1) is 0 Å². The summed E-state index contributed by atoms with van der Waals surface area (Å²) in [4.78, 5) is 6.99. The Labute approximate surface area is 114 Å². The van der Waals surface area contributed by atoms with Crippen molar-refractivity contribution in [2.24, 2.45) is 0 Å². The second kappa shape index (κ2) is 7.00. The minimum absolute atomic E-state index is 0.714. The summed E-state index contributed by atoms with van der Waals surface area (Å²) in [7, 11) is 0. The minimum Gasteiger partial charge on any atom is -0.355 e. The van der Waals surface area contributed by atoms with Gasteiger partial charge in [0.2, 0.25) is 0 Å². The second-order valence-electron chi connectivity index (χ2n) is 4.83. The highest BCUT2D eigenvalue weighted by Gasteiger charge is 2.17. The number of nitrogens with zero attached hydrogens (tertiary/aromatic N) is 2. The van der Waals surface area contributed by atoms with Gasteiger partial charge in [0.15, 0.2) is 0 Å². The van der Waals surface area contributed by atoms with Crippen LogP contribution in [-0.2, 0) is 6.54 Å². The minimum atomic E-state index is 0.714. The predicted octanol–water partition coefficient (Wildman–Crippen LogP) is 2.52. The van der Waals surface area contributed by atoms with Gasteiger partial charge in [0, 0.05) is 36.8 Å². The van der Waals surface area contributed by atoms with Crippen molar-refractivity contribution in [3.05, 3.63) is 23.9 Å². The summed E-state index contributed by atoms with van der Waals surface area (Å²) in [6.07, 6.45) is 3.18. The van der Waals surface area contributed by atoms with Crippen molar-refractivity contribution >= 4 is 17.6 Å². The normalized spacial score (nSPS) is 20.1. The smallest absolute Gasteiger partial charge is 0.128 e. The molecule has 3 nitrogen and oxygen atoms in total. The average molecular weight is 265 g/mol. The van der Waals surface area contributed by atoms with E-state index in [1.54, 1.807) is 0 Å². The van der Waals surface area contributed by atoms with Gasteiger partial charge in [-0.3, -0.25) is 0 Å². The first-order valence-electron chi connectivity index (χ1n) is 6.81. The first-order chi connectivity index (χ1) is 8.79. The number of hydrogen-bond acceptors (Lipinski definition) is 4. The van der Waals surface area contributed by atoms with Gasteiger partial charge in [-0.2, -0.15) is 11.8 Å². The van der Waals surface area contributed by atoms with Gasteiger partial charge in [0.05, 0.1) is 0 Å². The highest BCUT2D eigenvalue weighted by atomic mass is 32.2. The Morgan fingerprint density at radius 2 is 2.39 bits per heavy atom. The van der Waals surface area contributed by atoms with Gasteiger partial charge in [-0.1, -0.05) is 19.9 Å². The average Bonchev–Trinajstić information content (AvgIpc) is 2.40. The molecule has 1 aromatic heterocycles. The lowest BCUT2D eigenvalue weighted by Gasteiger charge is -2.31. The van der Waals surface area contributed by atoms with Crippen LogP contribution in [0.15, 0.2) is 18.3 Å². The maximum atomic E-state index is 4.59. The summed E-state index contributed by atoms with van der Waals surface area (Å²) >= 11 is 2.05. The fourth-order valence-corrected chi connectivity index (χ4v) is 3.16. The van der Waals surface area contributed by atoms with Gasteiger partial charge < -0.3 is 10.2 Å². The highest BCUT2D eigenvalue weighted by molar-refractivity contribution is 8.00. The van der Waals surface area contributed by atoms with E-state index in [1.165, 1.54) is 17.7 Å². The number of nitrogens with one attached hydrogen (secondary N) is 1. The molecule has 0 spiro atoms. The van der Waals surface area contributed by atoms with Crippen LogP contribution in [0, 0.1) is 0 Å². The van der Waals surface area contributed by atoms with Crippen LogP contribution in [0.5, 0.6) is 0 Å².